The molecule has 13 heteroatoms. The van der Waals surface area contributed by atoms with Crippen LogP contribution in [0.5, 0.6) is 11.8 Å². The summed E-state index contributed by atoms with van der Waals surface area (Å²) in [7, 11) is 1.49. The van der Waals surface area contributed by atoms with E-state index in [4.69, 9.17) is 35.3 Å². The van der Waals surface area contributed by atoms with Gasteiger partial charge in [0.1, 0.15) is 40.8 Å². The molecule has 1 amide bonds. The van der Waals surface area contributed by atoms with Gasteiger partial charge in [0.25, 0.3) is 0 Å². The monoisotopic (exact) mass is 738 g/mol. The fourth-order valence-corrected chi connectivity index (χ4v) is 8.80. The van der Waals surface area contributed by atoms with Crippen LogP contribution in [0.3, 0.4) is 0 Å². The van der Waals surface area contributed by atoms with Crippen LogP contribution in [0, 0.1) is 24.0 Å². The van der Waals surface area contributed by atoms with E-state index in [0.29, 0.717) is 47.4 Å². The highest BCUT2D eigenvalue weighted by Crippen LogP contribution is 2.43. The molecule has 0 spiro atoms. The second-order valence-electron chi connectivity index (χ2n) is 15.8. The summed E-state index contributed by atoms with van der Waals surface area (Å²) in [4.78, 5) is 33.8. The van der Waals surface area contributed by atoms with Gasteiger partial charge in [0, 0.05) is 43.9 Å². The number of methoxy groups -OCH3 is 1. The van der Waals surface area contributed by atoms with Crippen LogP contribution in [0.4, 0.5) is 19.4 Å². The number of piperazine rings is 1. The van der Waals surface area contributed by atoms with Crippen molar-refractivity contribution in [3.05, 3.63) is 59.8 Å². The van der Waals surface area contributed by atoms with Crippen LogP contribution in [0.25, 0.3) is 32.9 Å². The molecule has 2 aromatic carbocycles. The number of ether oxygens (including phenoxy) is 4. The summed E-state index contributed by atoms with van der Waals surface area (Å²) in [6.45, 7) is 12.8. The Kier molecular flexibility index (Phi) is 9.09. The van der Waals surface area contributed by atoms with Gasteiger partial charge in [-0.3, -0.25) is 14.8 Å². The summed E-state index contributed by atoms with van der Waals surface area (Å²) < 4.78 is 55.5. The van der Waals surface area contributed by atoms with E-state index < -0.39 is 17.2 Å². The summed E-state index contributed by atoms with van der Waals surface area (Å²) >= 11 is 0. The van der Waals surface area contributed by atoms with Crippen molar-refractivity contribution >= 4 is 33.6 Å². The molecule has 8 rings (SSSR count). The molecule has 4 saturated heterocycles. The van der Waals surface area contributed by atoms with Crippen molar-refractivity contribution in [1.82, 2.24) is 24.8 Å². The minimum Gasteiger partial charge on any atom is -0.468 e. The molecule has 54 heavy (non-hydrogen) atoms. The quantitative estimate of drug-likeness (QED) is 0.108. The number of amides is 1. The van der Waals surface area contributed by atoms with Crippen LogP contribution >= 0.6 is 0 Å². The van der Waals surface area contributed by atoms with Gasteiger partial charge in [-0.2, -0.15) is 9.97 Å². The molecule has 4 aliphatic heterocycles. The standard InChI is InChI=1S/C41H44F2N6O5/c1-7-29-32(42)12-9-25-15-28(53-23-51-6)16-30(33(25)29)35-34(43)36-31(18-44-35)37(46-38(45-36)52-22-41-13-8-14-48(41)19-24(2)17-41)47-20-26-10-11-27(21-47)49(26)39(50)54-40(3,4)5/h1,9,12,15-16,18,26-27H,2,8,10-11,13-14,17,19-23H2,3-6H3/t26?,27?,41-/m0/s1. The van der Waals surface area contributed by atoms with Crippen molar-refractivity contribution in [1.29, 1.82) is 0 Å². The number of pyridine rings is 1. The average Bonchev–Trinajstić information content (AvgIpc) is 3.75. The number of terminal acetylenes is 1. The smallest absolute Gasteiger partial charge is 0.410 e. The highest BCUT2D eigenvalue weighted by Gasteiger charge is 2.47. The maximum atomic E-state index is 17.3. The summed E-state index contributed by atoms with van der Waals surface area (Å²) in [6, 6.07) is 5.89. The second-order valence-corrected chi connectivity index (χ2v) is 15.8. The van der Waals surface area contributed by atoms with Crippen LogP contribution in [-0.2, 0) is 9.47 Å². The van der Waals surface area contributed by atoms with Crippen molar-refractivity contribution in [2.24, 2.45) is 0 Å². The fourth-order valence-electron chi connectivity index (χ4n) is 8.80. The maximum absolute atomic E-state index is 17.3. The minimum absolute atomic E-state index is 0.00597. The number of carbonyl (C=O) groups is 1. The Bertz CT molecular complexity index is 2200. The molecule has 11 nitrogen and oxygen atoms in total. The molecule has 0 saturated carbocycles. The number of benzene rings is 2. The van der Waals surface area contributed by atoms with Crippen LogP contribution in [-0.4, -0.2) is 101 Å². The molecule has 2 bridgehead atoms. The third-order valence-electron chi connectivity index (χ3n) is 11.0. The van der Waals surface area contributed by atoms with E-state index in [1.54, 1.807) is 18.2 Å². The van der Waals surface area contributed by atoms with Crippen molar-refractivity contribution in [2.45, 2.75) is 76.1 Å². The predicted octanol–water partition coefficient (Wildman–Crippen LogP) is 6.85. The number of hydrogen-bond donors (Lipinski definition) is 0. The Labute approximate surface area is 313 Å². The Morgan fingerprint density at radius 2 is 1.91 bits per heavy atom. The van der Waals surface area contributed by atoms with E-state index in [1.165, 1.54) is 19.4 Å². The lowest BCUT2D eigenvalue weighted by atomic mass is 9.94. The minimum atomic E-state index is -0.747. The first-order chi connectivity index (χ1) is 25.9. The van der Waals surface area contributed by atoms with Gasteiger partial charge in [-0.25, -0.2) is 13.6 Å². The van der Waals surface area contributed by atoms with Crippen LogP contribution in [0.15, 0.2) is 42.6 Å². The summed E-state index contributed by atoms with van der Waals surface area (Å²) in [5.74, 6) is 1.90. The fraction of sp³-hybridized carbons (Fsp3) is 0.463. The summed E-state index contributed by atoms with van der Waals surface area (Å²) in [6.07, 6.45) is 11.4. The largest absolute Gasteiger partial charge is 0.468 e. The summed E-state index contributed by atoms with van der Waals surface area (Å²) in [5.41, 5.74) is 0.437. The lowest BCUT2D eigenvalue weighted by Crippen LogP contribution is -2.57. The zero-order chi connectivity index (χ0) is 37.9. The molecule has 0 radical (unpaired) electrons. The van der Waals surface area contributed by atoms with Crippen molar-refractivity contribution in [2.75, 3.05) is 51.6 Å². The first-order valence-corrected chi connectivity index (χ1v) is 18.4. The zero-order valence-corrected chi connectivity index (χ0v) is 31.1. The van der Waals surface area contributed by atoms with Crippen LogP contribution in [0.1, 0.15) is 58.4 Å². The van der Waals surface area contributed by atoms with Crippen molar-refractivity contribution in [3.8, 4) is 35.4 Å². The molecule has 282 valence electrons. The predicted molar refractivity (Wildman–Crippen MR) is 201 cm³/mol. The van der Waals surface area contributed by atoms with Crippen molar-refractivity contribution < 1.29 is 32.5 Å². The lowest BCUT2D eigenvalue weighted by molar-refractivity contribution is 0.0122. The van der Waals surface area contributed by atoms with Gasteiger partial charge in [0.2, 0.25) is 0 Å². The van der Waals surface area contributed by atoms with E-state index >= 15 is 8.78 Å². The molecule has 3 atom stereocenters. The molecule has 2 aromatic heterocycles. The molecule has 4 aliphatic rings. The number of anilines is 1. The molecule has 0 N–H and O–H groups in total. The lowest BCUT2D eigenvalue weighted by Gasteiger charge is -2.42. The number of fused-ring (bicyclic) bond motifs is 5. The second kappa shape index (κ2) is 13.7. The molecular formula is C41H44F2N6O5. The van der Waals surface area contributed by atoms with E-state index in [1.807, 2.05) is 25.7 Å². The van der Waals surface area contributed by atoms with Gasteiger partial charge >= 0.3 is 12.1 Å². The first-order valence-electron chi connectivity index (χ1n) is 18.4. The number of rotatable bonds is 8. The third-order valence-corrected chi connectivity index (χ3v) is 11.0. The van der Waals surface area contributed by atoms with Gasteiger partial charge < -0.3 is 23.8 Å². The molecule has 4 aromatic rings. The first kappa shape index (κ1) is 35.9. The highest BCUT2D eigenvalue weighted by molar-refractivity contribution is 6.03. The Balaban J connectivity index is 1.24. The average molecular weight is 739 g/mol. The molecule has 0 aliphatic carbocycles. The van der Waals surface area contributed by atoms with Crippen LogP contribution in [0.2, 0.25) is 0 Å². The molecular weight excluding hydrogens is 694 g/mol. The Morgan fingerprint density at radius 3 is 2.63 bits per heavy atom. The van der Waals surface area contributed by atoms with Gasteiger partial charge in [0.05, 0.1) is 28.6 Å². The molecule has 6 heterocycles. The maximum Gasteiger partial charge on any atom is 0.410 e. The van der Waals surface area contributed by atoms with Gasteiger partial charge in [-0.1, -0.05) is 24.1 Å². The third kappa shape index (κ3) is 6.35. The highest BCUT2D eigenvalue weighted by atomic mass is 19.1. The summed E-state index contributed by atoms with van der Waals surface area (Å²) in [5, 5.41) is 1.23. The molecule has 4 fully saturated rings. The normalized spacial score (nSPS) is 22.6. The van der Waals surface area contributed by atoms with Crippen LogP contribution < -0.4 is 14.4 Å². The number of hydrogen-bond acceptors (Lipinski definition) is 10. The van der Waals surface area contributed by atoms with E-state index in [-0.39, 0.29) is 58.9 Å². The molecule has 2 unspecified atom stereocenters. The SMILES string of the molecule is C#Cc1c(F)ccc2cc(OCOC)cc(-c3ncc4c(N5CC6CCC(C5)N6C(=O)OC(C)(C)C)nc(OC[C@@]56CCCN5CC(=C)C6)nc4c3F)c12. The van der Waals surface area contributed by atoms with Gasteiger partial charge in [0.15, 0.2) is 12.6 Å². The van der Waals surface area contributed by atoms with E-state index in [0.717, 1.165) is 50.8 Å². The van der Waals surface area contributed by atoms with Gasteiger partial charge in [-0.15, -0.1) is 6.42 Å². The zero-order valence-electron chi connectivity index (χ0n) is 31.1. The number of aromatic nitrogens is 3. The van der Waals surface area contributed by atoms with Gasteiger partial charge in [-0.05, 0) is 83.0 Å². The van der Waals surface area contributed by atoms with E-state index in [9.17, 15) is 4.79 Å². The number of halogens is 2. The Hall–Kier alpha value is -5.06. The van der Waals surface area contributed by atoms with E-state index in [2.05, 4.69) is 27.3 Å². The Morgan fingerprint density at radius 1 is 1.13 bits per heavy atom. The number of nitrogens with zero attached hydrogens (tertiary/aromatic N) is 6. The number of carbonyl (C=O) groups excluding carboxylic acids is 1. The topological polar surface area (TPSA) is 102 Å². The van der Waals surface area contributed by atoms with Crippen molar-refractivity contribution in [3.63, 3.8) is 0 Å².